The smallest absolute Gasteiger partial charge is 0.127 e. The van der Waals surface area contributed by atoms with Crippen LogP contribution in [0.5, 0.6) is 5.75 Å². The van der Waals surface area contributed by atoms with Gasteiger partial charge < -0.3 is 14.9 Å². The van der Waals surface area contributed by atoms with Gasteiger partial charge in [-0.3, -0.25) is 9.80 Å². The third kappa shape index (κ3) is 4.93. The van der Waals surface area contributed by atoms with Gasteiger partial charge in [-0.1, -0.05) is 55.5 Å². The second-order valence-electron chi connectivity index (χ2n) is 8.27. The highest BCUT2D eigenvalue weighted by molar-refractivity contribution is 6.10. The molecule has 4 rings (SSSR count). The zero-order chi connectivity index (χ0) is 20.9. The maximum absolute atomic E-state index is 10.6. The van der Waals surface area contributed by atoms with Crippen molar-refractivity contribution in [2.75, 3.05) is 45.9 Å². The van der Waals surface area contributed by atoms with E-state index in [9.17, 15) is 10.2 Å². The fraction of sp³-hybridized carbons (Fsp3) is 0.440. The predicted molar refractivity (Wildman–Crippen MR) is 122 cm³/mol. The maximum Gasteiger partial charge on any atom is 0.127 e. The van der Waals surface area contributed by atoms with E-state index in [2.05, 4.69) is 40.1 Å². The summed E-state index contributed by atoms with van der Waals surface area (Å²) in [4.78, 5) is 4.58. The Morgan fingerprint density at radius 2 is 1.43 bits per heavy atom. The molecule has 0 aromatic heterocycles. The molecule has 3 aromatic rings. The molecule has 160 valence electrons. The van der Waals surface area contributed by atoms with Crippen molar-refractivity contribution in [3.05, 3.63) is 54.6 Å². The second kappa shape index (κ2) is 9.75. The van der Waals surface area contributed by atoms with E-state index in [1.807, 2.05) is 31.2 Å². The molecule has 0 amide bonds. The minimum atomic E-state index is -0.539. The van der Waals surface area contributed by atoms with Gasteiger partial charge in [0.15, 0.2) is 0 Å². The Hall–Kier alpha value is -2.18. The van der Waals surface area contributed by atoms with Crippen LogP contribution < -0.4 is 4.74 Å². The molecule has 0 radical (unpaired) electrons. The number of nitrogens with zero attached hydrogens (tertiary/aromatic N) is 2. The molecule has 1 fully saturated rings. The molecule has 3 aromatic carbocycles. The molecule has 0 aliphatic carbocycles. The Morgan fingerprint density at radius 3 is 2.17 bits per heavy atom. The van der Waals surface area contributed by atoms with Crippen molar-refractivity contribution in [1.29, 1.82) is 0 Å². The van der Waals surface area contributed by atoms with Crippen LogP contribution in [0, 0.1) is 0 Å². The third-order valence-electron chi connectivity index (χ3n) is 6.04. The van der Waals surface area contributed by atoms with Crippen LogP contribution >= 0.6 is 0 Å². The molecule has 1 aliphatic rings. The van der Waals surface area contributed by atoms with Crippen LogP contribution in [-0.2, 0) is 0 Å². The van der Waals surface area contributed by atoms with Crippen LogP contribution in [0.25, 0.3) is 21.5 Å². The molecular formula is C25H32N2O3. The number of hydrogen-bond acceptors (Lipinski definition) is 5. The van der Waals surface area contributed by atoms with E-state index < -0.39 is 6.10 Å². The lowest BCUT2D eigenvalue weighted by Gasteiger charge is -2.36. The largest absolute Gasteiger partial charge is 0.490 e. The summed E-state index contributed by atoms with van der Waals surface area (Å²) in [5.74, 6) is 0.821. The topological polar surface area (TPSA) is 56.2 Å². The van der Waals surface area contributed by atoms with E-state index in [0.29, 0.717) is 6.54 Å². The first kappa shape index (κ1) is 21.1. The van der Waals surface area contributed by atoms with Crippen LogP contribution in [0.1, 0.15) is 13.3 Å². The highest BCUT2D eigenvalue weighted by Gasteiger charge is 2.21. The molecule has 0 bridgehead atoms. The predicted octanol–water partition coefficient (Wildman–Crippen LogP) is 3.12. The van der Waals surface area contributed by atoms with Crippen LogP contribution in [-0.4, -0.2) is 78.1 Å². The monoisotopic (exact) mass is 408 g/mol. The lowest BCUT2D eigenvalue weighted by Crippen LogP contribution is -2.50. The minimum Gasteiger partial charge on any atom is -0.490 e. The van der Waals surface area contributed by atoms with Gasteiger partial charge >= 0.3 is 0 Å². The second-order valence-corrected chi connectivity index (χ2v) is 8.27. The van der Waals surface area contributed by atoms with Gasteiger partial charge in [0.1, 0.15) is 18.5 Å². The first-order chi connectivity index (χ1) is 14.6. The molecule has 0 saturated carbocycles. The standard InChI is InChI=1S/C25H32N2O3/c1-2-21(28)16-26-12-14-27(15-13-26)17-22(29)18-30-24-9-5-7-20-11-10-19-6-3-4-8-23(19)25(20)24/h3-11,21-22,28-29H,2,12-18H2,1H3. The first-order valence-corrected chi connectivity index (χ1v) is 11.0. The summed E-state index contributed by atoms with van der Waals surface area (Å²) in [6.45, 7) is 7.31. The Kier molecular flexibility index (Phi) is 6.85. The van der Waals surface area contributed by atoms with Crippen LogP contribution in [0.2, 0.25) is 0 Å². The summed E-state index contributed by atoms with van der Waals surface area (Å²) in [6.07, 6.45) is 0.00929. The van der Waals surface area contributed by atoms with Crippen molar-refractivity contribution in [2.24, 2.45) is 0 Å². The zero-order valence-electron chi connectivity index (χ0n) is 17.7. The third-order valence-corrected chi connectivity index (χ3v) is 6.04. The number of aliphatic hydroxyl groups is 2. The van der Waals surface area contributed by atoms with Gasteiger partial charge in [0.25, 0.3) is 0 Å². The Morgan fingerprint density at radius 1 is 0.800 bits per heavy atom. The number of β-amino-alcohol motifs (C(OH)–C–C–N with tert-alkyl or cyclic N) is 2. The summed E-state index contributed by atoms with van der Waals surface area (Å²) in [5.41, 5.74) is 0. The number of rotatable bonds is 8. The average molecular weight is 409 g/mol. The van der Waals surface area contributed by atoms with E-state index in [0.717, 1.165) is 55.7 Å². The van der Waals surface area contributed by atoms with Crippen molar-refractivity contribution in [3.63, 3.8) is 0 Å². The number of aliphatic hydroxyl groups excluding tert-OH is 2. The van der Waals surface area contributed by atoms with Gasteiger partial charge in [0.2, 0.25) is 0 Å². The van der Waals surface area contributed by atoms with Crippen molar-refractivity contribution >= 4 is 21.5 Å². The Bertz CT molecular complexity index is 969. The van der Waals surface area contributed by atoms with Crippen molar-refractivity contribution < 1.29 is 14.9 Å². The molecule has 1 saturated heterocycles. The van der Waals surface area contributed by atoms with Crippen LogP contribution in [0.15, 0.2) is 54.6 Å². The first-order valence-electron chi connectivity index (χ1n) is 11.0. The van der Waals surface area contributed by atoms with Crippen molar-refractivity contribution in [2.45, 2.75) is 25.6 Å². The lowest BCUT2D eigenvalue weighted by molar-refractivity contribution is 0.0331. The SMILES string of the molecule is CCC(O)CN1CCN(CC(O)COc2cccc3ccc4ccccc4c23)CC1. The molecule has 0 spiro atoms. The number of piperazine rings is 1. The van der Waals surface area contributed by atoms with Crippen molar-refractivity contribution in [1.82, 2.24) is 9.80 Å². The van der Waals surface area contributed by atoms with Crippen LogP contribution in [0.3, 0.4) is 0 Å². The highest BCUT2D eigenvalue weighted by atomic mass is 16.5. The maximum atomic E-state index is 10.6. The molecule has 30 heavy (non-hydrogen) atoms. The van der Waals surface area contributed by atoms with Crippen molar-refractivity contribution in [3.8, 4) is 5.75 Å². The minimum absolute atomic E-state index is 0.243. The van der Waals surface area contributed by atoms with Gasteiger partial charge in [-0.2, -0.15) is 0 Å². The Labute approximate surface area is 178 Å². The summed E-state index contributed by atoms with van der Waals surface area (Å²) in [7, 11) is 0. The average Bonchev–Trinajstić information content (AvgIpc) is 2.78. The number of ether oxygens (including phenoxy) is 1. The Balaban J connectivity index is 1.35. The van der Waals surface area contributed by atoms with E-state index in [1.54, 1.807) is 0 Å². The van der Waals surface area contributed by atoms with E-state index in [1.165, 1.54) is 10.8 Å². The summed E-state index contributed by atoms with van der Waals surface area (Å²) in [6, 6.07) is 18.7. The van der Waals surface area contributed by atoms with Gasteiger partial charge in [-0.15, -0.1) is 0 Å². The van der Waals surface area contributed by atoms with Gasteiger partial charge in [0, 0.05) is 44.7 Å². The molecule has 5 heteroatoms. The molecule has 2 N–H and O–H groups in total. The van der Waals surface area contributed by atoms with Gasteiger partial charge in [-0.05, 0) is 28.6 Å². The number of fused-ring (bicyclic) bond motifs is 3. The molecule has 1 aliphatic heterocycles. The van der Waals surface area contributed by atoms with E-state index in [4.69, 9.17) is 4.74 Å². The normalized spacial score (nSPS) is 18.0. The quantitative estimate of drug-likeness (QED) is 0.561. The molecule has 1 heterocycles. The van der Waals surface area contributed by atoms with E-state index >= 15 is 0 Å². The summed E-state index contributed by atoms with van der Waals surface area (Å²) in [5, 5.41) is 25.0. The van der Waals surface area contributed by atoms with Gasteiger partial charge in [0.05, 0.1) is 6.10 Å². The fourth-order valence-corrected chi connectivity index (χ4v) is 4.26. The number of hydrogen-bond donors (Lipinski definition) is 2. The molecule has 2 atom stereocenters. The zero-order valence-corrected chi connectivity index (χ0v) is 17.7. The summed E-state index contributed by atoms with van der Waals surface area (Å²) < 4.78 is 6.10. The molecular weight excluding hydrogens is 376 g/mol. The lowest BCUT2D eigenvalue weighted by atomic mass is 10.0. The molecule has 5 nitrogen and oxygen atoms in total. The summed E-state index contributed by atoms with van der Waals surface area (Å²) >= 11 is 0. The highest BCUT2D eigenvalue weighted by Crippen LogP contribution is 2.32. The number of benzene rings is 3. The van der Waals surface area contributed by atoms with Gasteiger partial charge in [-0.25, -0.2) is 0 Å². The van der Waals surface area contributed by atoms with Crippen LogP contribution in [0.4, 0.5) is 0 Å². The van der Waals surface area contributed by atoms with E-state index in [-0.39, 0.29) is 12.7 Å². The fourth-order valence-electron chi connectivity index (χ4n) is 4.26. The molecule has 2 unspecified atom stereocenters.